The number of aryl methyl sites for hydroxylation is 1. The molecule has 1 aromatic heterocycles. The van der Waals surface area contributed by atoms with E-state index in [1.54, 1.807) is 0 Å². The van der Waals surface area contributed by atoms with Gasteiger partial charge in [-0.25, -0.2) is 0 Å². The zero-order valence-electron chi connectivity index (χ0n) is 10.5. The quantitative estimate of drug-likeness (QED) is 0.897. The molecule has 3 nitrogen and oxygen atoms in total. The first-order chi connectivity index (χ1) is 8.88. The Morgan fingerprint density at radius 1 is 1.11 bits per heavy atom. The van der Waals surface area contributed by atoms with E-state index in [4.69, 9.17) is 0 Å². The van der Waals surface area contributed by atoms with Crippen molar-refractivity contribution in [3.8, 4) is 0 Å². The predicted molar refractivity (Wildman–Crippen MR) is 70.3 cm³/mol. The summed E-state index contributed by atoms with van der Waals surface area (Å²) in [5, 5.41) is 14.3. The number of benzene rings is 1. The number of aliphatic hydroxyl groups is 1. The second-order valence-electron chi connectivity index (χ2n) is 4.88. The minimum atomic E-state index is 0.0924. The molecular weight excluding hydrogens is 224 g/mol. The molecule has 1 aromatic carbocycles. The van der Waals surface area contributed by atoms with Gasteiger partial charge in [0.15, 0.2) is 0 Å². The van der Waals surface area contributed by atoms with Crippen LogP contribution in [0.2, 0.25) is 0 Å². The highest BCUT2D eigenvalue weighted by molar-refractivity contribution is 5.29. The Labute approximate surface area is 107 Å². The molecule has 94 valence electrons. The number of aromatic nitrogens is 2. The summed E-state index contributed by atoms with van der Waals surface area (Å²) >= 11 is 0. The molecule has 0 radical (unpaired) electrons. The van der Waals surface area contributed by atoms with Crippen molar-refractivity contribution in [3.63, 3.8) is 0 Å². The van der Waals surface area contributed by atoms with Gasteiger partial charge in [-0.15, -0.1) is 0 Å². The van der Waals surface area contributed by atoms with E-state index in [1.807, 2.05) is 22.9 Å². The Bertz CT molecular complexity index is 531. The minimum absolute atomic E-state index is 0.0924. The van der Waals surface area contributed by atoms with E-state index in [2.05, 4.69) is 17.2 Å². The Kier molecular flexibility index (Phi) is 3.15. The minimum Gasteiger partial charge on any atom is -0.390 e. The Morgan fingerprint density at radius 2 is 1.89 bits per heavy atom. The summed E-state index contributed by atoms with van der Waals surface area (Å²) in [6, 6.07) is 10.3. The fraction of sp³-hybridized carbons (Fsp3) is 0.400. The van der Waals surface area contributed by atoms with Crippen LogP contribution >= 0.6 is 0 Å². The Balaban J connectivity index is 1.94. The monoisotopic (exact) mass is 242 g/mol. The van der Waals surface area contributed by atoms with Gasteiger partial charge in [-0.3, -0.25) is 4.68 Å². The van der Waals surface area contributed by atoms with Crippen LogP contribution in [-0.4, -0.2) is 14.9 Å². The van der Waals surface area contributed by atoms with Crippen LogP contribution < -0.4 is 0 Å². The van der Waals surface area contributed by atoms with Gasteiger partial charge in [0, 0.05) is 0 Å². The summed E-state index contributed by atoms with van der Waals surface area (Å²) in [5.41, 5.74) is 4.72. The number of nitrogens with zero attached hydrogens (tertiary/aromatic N) is 2. The number of aliphatic hydroxyl groups excluding tert-OH is 1. The maximum Gasteiger partial charge on any atom is 0.0852 e. The van der Waals surface area contributed by atoms with Gasteiger partial charge in [-0.2, -0.15) is 5.10 Å². The van der Waals surface area contributed by atoms with Crippen molar-refractivity contribution in [2.75, 3.05) is 0 Å². The van der Waals surface area contributed by atoms with Gasteiger partial charge in [0.2, 0.25) is 0 Å². The number of rotatable bonds is 3. The zero-order chi connectivity index (χ0) is 12.4. The largest absolute Gasteiger partial charge is 0.390 e. The third kappa shape index (κ3) is 2.06. The maximum absolute atomic E-state index is 9.58. The van der Waals surface area contributed by atoms with Crippen LogP contribution in [0.5, 0.6) is 0 Å². The van der Waals surface area contributed by atoms with Gasteiger partial charge in [-0.05, 0) is 36.8 Å². The number of hydrogen-bond acceptors (Lipinski definition) is 2. The third-order valence-electron chi connectivity index (χ3n) is 3.66. The average molecular weight is 242 g/mol. The molecule has 0 amide bonds. The molecule has 0 saturated heterocycles. The molecule has 0 bridgehead atoms. The first-order valence-corrected chi connectivity index (χ1v) is 6.60. The van der Waals surface area contributed by atoms with Gasteiger partial charge in [0.05, 0.1) is 24.5 Å². The molecule has 3 heteroatoms. The average Bonchev–Trinajstić information content (AvgIpc) is 2.77. The van der Waals surface area contributed by atoms with Crippen molar-refractivity contribution >= 4 is 0 Å². The summed E-state index contributed by atoms with van der Waals surface area (Å²) in [5.74, 6) is 0. The van der Waals surface area contributed by atoms with E-state index in [1.165, 1.54) is 29.7 Å². The maximum atomic E-state index is 9.58. The molecule has 1 N–H and O–H groups in total. The lowest BCUT2D eigenvalue weighted by molar-refractivity contribution is 0.267. The Hall–Kier alpha value is -1.61. The van der Waals surface area contributed by atoms with E-state index < -0.39 is 0 Å². The van der Waals surface area contributed by atoms with Crippen LogP contribution in [-0.2, 0) is 26.0 Å². The molecule has 1 aliphatic carbocycles. The molecule has 0 atom stereocenters. The van der Waals surface area contributed by atoms with Crippen molar-refractivity contribution in [3.05, 3.63) is 52.8 Å². The highest BCUT2D eigenvalue weighted by atomic mass is 16.3. The second-order valence-corrected chi connectivity index (χ2v) is 4.88. The van der Waals surface area contributed by atoms with E-state index >= 15 is 0 Å². The van der Waals surface area contributed by atoms with E-state index in [0.717, 1.165) is 25.1 Å². The summed E-state index contributed by atoms with van der Waals surface area (Å²) in [4.78, 5) is 0. The SMILES string of the molecule is OCc1c2c(nn1Cc1ccccc1)CCCC2. The second kappa shape index (κ2) is 4.94. The lowest BCUT2D eigenvalue weighted by Crippen LogP contribution is -2.07. The molecule has 1 aliphatic rings. The lowest BCUT2D eigenvalue weighted by atomic mass is 9.96. The van der Waals surface area contributed by atoms with Gasteiger partial charge in [0.25, 0.3) is 0 Å². The molecule has 0 spiro atoms. The van der Waals surface area contributed by atoms with Crippen LogP contribution in [0.25, 0.3) is 0 Å². The molecule has 0 aliphatic heterocycles. The standard InChI is InChI=1S/C15H18N2O/c18-11-15-13-8-4-5-9-14(13)16-17(15)10-12-6-2-1-3-7-12/h1-3,6-7,18H,4-5,8-11H2. The number of hydrogen-bond donors (Lipinski definition) is 1. The van der Waals surface area contributed by atoms with Gasteiger partial charge < -0.3 is 5.11 Å². The van der Waals surface area contributed by atoms with Crippen molar-refractivity contribution in [2.45, 2.75) is 38.8 Å². The Morgan fingerprint density at radius 3 is 2.67 bits per heavy atom. The van der Waals surface area contributed by atoms with Crippen LogP contribution in [0.3, 0.4) is 0 Å². The van der Waals surface area contributed by atoms with E-state index in [-0.39, 0.29) is 6.61 Å². The molecular formula is C15H18N2O. The van der Waals surface area contributed by atoms with Crippen molar-refractivity contribution in [2.24, 2.45) is 0 Å². The smallest absolute Gasteiger partial charge is 0.0852 e. The fourth-order valence-corrected chi connectivity index (χ4v) is 2.74. The summed E-state index contributed by atoms with van der Waals surface area (Å²) in [6.07, 6.45) is 4.57. The predicted octanol–water partition coefficient (Wildman–Crippen LogP) is 2.30. The molecule has 2 aromatic rings. The van der Waals surface area contributed by atoms with Crippen molar-refractivity contribution in [1.29, 1.82) is 0 Å². The van der Waals surface area contributed by atoms with Crippen LogP contribution in [0, 0.1) is 0 Å². The molecule has 3 rings (SSSR count). The molecule has 0 unspecified atom stereocenters. The molecule has 0 fully saturated rings. The van der Waals surface area contributed by atoms with Crippen LogP contribution in [0.4, 0.5) is 0 Å². The van der Waals surface area contributed by atoms with E-state index in [0.29, 0.717) is 0 Å². The van der Waals surface area contributed by atoms with Crippen molar-refractivity contribution < 1.29 is 5.11 Å². The van der Waals surface area contributed by atoms with Crippen LogP contribution in [0.15, 0.2) is 30.3 Å². The van der Waals surface area contributed by atoms with Crippen molar-refractivity contribution in [1.82, 2.24) is 9.78 Å². The first-order valence-electron chi connectivity index (χ1n) is 6.60. The third-order valence-corrected chi connectivity index (χ3v) is 3.66. The highest BCUT2D eigenvalue weighted by Crippen LogP contribution is 2.24. The summed E-state index contributed by atoms with van der Waals surface area (Å²) in [7, 11) is 0. The van der Waals surface area contributed by atoms with E-state index in [9.17, 15) is 5.11 Å². The fourth-order valence-electron chi connectivity index (χ4n) is 2.74. The first kappa shape index (κ1) is 11.5. The zero-order valence-corrected chi connectivity index (χ0v) is 10.5. The summed E-state index contributed by atoms with van der Waals surface area (Å²) < 4.78 is 1.98. The molecule has 1 heterocycles. The topological polar surface area (TPSA) is 38.1 Å². The normalized spacial score (nSPS) is 14.5. The van der Waals surface area contributed by atoms with Gasteiger partial charge in [0.1, 0.15) is 0 Å². The molecule has 18 heavy (non-hydrogen) atoms. The van der Waals surface area contributed by atoms with Gasteiger partial charge in [-0.1, -0.05) is 30.3 Å². The van der Waals surface area contributed by atoms with Gasteiger partial charge >= 0.3 is 0 Å². The lowest BCUT2D eigenvalue weighted by Gasteiger charge is -2.10. The highest BCUT2D eigenvalue weighted by Gasteiger charge is 2.19. The molecule has 0 saturated carbocycles. The number of fused-ring (bicyclic) bond motifs is 1. The summed E-state index contributed by atoms with van der Waals surface area (Å²) in [6.45, 7) is 0.846. The van der Waals surface area contributed by atoms with Crippen LogP contribution in [0.1, 0.15) is 35.4 Å².